The molecule has 0 saturated carbocycles. The Morgan fingerprint density at radius 2 is 1.95 bits per heavy atom. The number of anilines is 1. The van der Waals surface area contributed by atoms with Crippen LogP contribution in [0.2, 0.25) is 0 Å². The lowest BCUT2D eigenvalue weighted by Crippen LogP contribution is -2.08. The first-order valence-corrected chi connectivity index (χ1v) is 6.18. The van der Waals surface area contributed by atoms with Crippen LogP contribution in [-0.2, 0) is 12.7 Å². The molecule has 0 aliphatic carbocycles. The van der Waals surface area contributed by atoms with E-state index in [0.717, 1.165) is 12.3 Å². The molecule has 108 valence electrons. The highest BCUT2D eigenvalue weighted by Crippen LogP contribution is 2.29. The molecule has 0 aliphatic rings. The number of nitrogens with zero attached hydrogens (tertiary/aromatic N) is 4. The maximum atomic E-state index is 12.5. The predicted molar refractivity (Wildman–Crippen MR) is 68.1 cm³/mol. The highest BCUT2D eigenvalue weighted by atomic mass is 19.4. The fraction of sp³-hybridized carbons (Fsp3) is 0.417. The molecule has 2 rings (SSSR count). The maximum Gasteiger partial charge on any atom is 0.417 e. The molecule has 0 bridgehead atoms. The minimum atomic E-state index is -4.39. The lowest BCUT2D eigenvalue weighted by Gasteiger charge is -2.09. The lowest BCUT2D eigenvalue weighted by atomic mass is 10.2. The number of rotatable bonds is 4. The van der Waals surface area contributed by atoms with Crippen molar-refractivity contribution in [3.8, 4) is 11.5 Å². The van der Waals surface area contributed by atoms with Crippen LogP contribution in [0.1, 0.15) is 19.4 Å². The van der Waals surface area contributed by atoms with Crippen LogP contribution in [0.4, 0.5) is 19.1 Å². The fourth-order valence-electron chi connectivity index (χ4n) is 1.77. The van der Waals surface area contributed by atoms with Gasteiger partial charge in [0.2, 0.25) is 5.95 Å². The Balaban J connectivity index is 2.37. The molecule has 2 aromatic rings. The summed E-state index contributed by atoms with van der Waals surface area (Å²) in [5, 5.41) is 11.0. The summed E-state index contributed by atoms with van der Waals surface area (Å²) in [5.41, 5.74) is -0.424. The van der Waals surface area contributed by atoms with Crippen LogP contribution in [0, 0.1) is 0 Å². The van der Waals surface area contributed by atoms with E-state index < -0.39 is 11.7 Å². The van der Waals surface area contributed by atoms with Crippen LogP contribution in [0.5, 0.6) is 0 Å². The first kappa shape index (κ1) is 14.3. The summed E-state index contributed by atoms with van der Waals surface area (Å²) < 4.78 is 39.2. The molecule has 0 aliphatic heterocycles. The van der Waals surface area contributed by atoms with E-state index in [4.69, 9.17) is 0 Å². The number of hydrogen-bond donors (Lipinski definition) is 1. The molecule has 2 heterocycles. The highest BCUT2D eigenvalue weighted by molar-refractivity contribution is 5.52. The Morgan fingerprint density at radius 3 is 2.45 bits per heavy atom. The van der Waals surface area contributed by atoms with Crippen molar-refractivity contribution in [2.75, 3.05) is 11.9 Å². The average molecular weight is 285 g/mol. The molecular weight excluding hydrogens is 271 g/mol. The third kappa shape index (κ3) is 2.73. The molecule has 5 nitrogen and oxygen atoms in total. The minimum Gasteiger partial charge on any atom is -0.355 e. The van der Waals surface area contributed by atoms with Crippen molar-refractivity contribution in [2.45, 2.75) is 26.6 Å². The van der Waals surface area contributed by atoms with Crippen molar-refractivity contribution < 1.29 is 13.2 Å². The molecule has 0 unspecified atom stereocenters. The Bertz CT molecular complexity index is 574. The van der Waals surface area contributed by atoms with E-state index in [9.17, 15) is 13.2 Å². The van der Waals surface area contributed by atoms with E-state index in [1.807, 2.05) is 13.8 Å². The summed E-state index contributed by atoms with van der Waals surface area (Å²) in [6.07, 6.45) is -3.59. The predicted octanol–water partition coefficient (Wildman–Crippen LogP) is 2.81. The van der Waals surface area contributed by atoms with Gasteiger partial charge in [-0.05, 0) is 26.0 Å². The van der Waals surface area contributed by atoms with Gasteiger partial charge in [-0.2, -0.15) is 13.2 Å². The van der Waals surface area contributed by atoms with Crippen LogP contribution in [-0.4, -0.2) is 26.3 Å². The summed E-state index contributed by atoms with van der Waals surface area (Å²) >= 11 is 0. The molecule has 0 spiro atoms. The number of hydrogen-bond acceptors (Lipinski definition) is 4. The number of aromatic nitrogens is 4. The van der Waals surface area contributed by atoms with Crippen molar-refractivity contribution in [3.63, 3.8) is 0 Å². The summed E-state index contributed by atoms with van der Waals surface area (Å²) in [5.74, 6) is 1.02. The summed E-state index contributed by atoms with van der Waals surface area (Å²) in [4.78, 5) is 3.83. The van der Waals surface area contributed by atoms with Gasteiger partial charge in [-0.25, -0.2) is 0 Å². The zero-order valence-corrected chi connectivity index (χ0v) is 11.1. The molecule has 0 amide bonds. The molecule has 2 aromatic heterocycles. The third-order valence-corrected chi connectivity index (χ3v) is 2.72. The molecule has 0 aromatic carbocycles. The van der Waals surface area contributed by atoms with Crippen LogP contribution >= 0.6 is 0 Å². The molecule has 0 radical (unpaired) electrons. The van der Waals surface area contributed by atoms with Crippen molar-refractivity contribution in [3.05, 3.63) is 23.9 Å². The summed E-state index contributed by atoms with van der Waals surface area (Å²) in [7, 11) is 0. The van der Waals surface area contributed by atoms with Crippen molar-refractivity contribution in [1.29, 1.82) is 0 Å². The first-order chi connectivity index (χ1) is 9.47. The summed E-state index contributed by atoms with van der Waals surface area (Å²) in [6, 6.07) is 2.29. The zero-order valence-electron chi connectivity index (χ0n) is 11.1. The monoisotopic (exact) mass is 285 g/mol. The second kappa shape index (κ2) is 5.48. The molecule has 0 saturated heterocycles. The largest absolute Gasteiger partial charge is 0.417 e. The van der Waals surface area contributed by atoms with Crippen LogP contribution in [0.3, 0.4) is 0 Å². The Kier molecular flexibility index (Phi) is 3.91. The van der Waals surface area contributed by atoms with Gasteiger partial charge in [0.25, 0.3) is 0 Å². The van der Waals surface area contributed by atoms with E-state index in [1.54, 1.807) is 4.57 Å². The van der Waals surface area contributed by atoms with Gasteiger partial charge in [0.1, 0.15) is 5.69 Å². The van der Waals surface area contributed by atoms with E-state index in [0.29, 0.717) is 30.6 Å². The number of pyridine rings is 1. The molecule has 8 heteroatoms. The second-order valence-electron chi connectivity index (χ2n) is 4.05. The topological polar surface area (TPSA) is 55.6 Å². The van der Waals surface area contributed by atoms with Crippen molar-refractivity contribution in [2.24, 2.45) is 0 Å². The Hall–Kier alpha value is -2.12. The van der Waals surface area contributed by atoms with Crippen LogP contribution in [0.25, 0.3) is 11.5 Å². The number of halogens is 3. The second-order valence-corrected chi connectivity index (χ2v) is 4.05. The van der Waals surface area contributed by atoms with Gasteiger partial charge >= 0.3 is 6.18 Å². The van der Waals surface area contributed by atoms with Gasteiger partial charge in [0.05, 0.1) is 5.56 Å². The molecule has 1 N–H and O–H groups in total. The van der Waals surface area contributed by atoms with Gasteiger partial charge < -0.3 is 5.32 Å². The van der Waals surface area contributed by atoms with Gasteiger partial charge in [-0.3, -0.25) is 9.55 Å². The lowest BCUT2D eigenvalue weighted by molar-refractivity contribution is -0.137. The Morgan fingerprint density at radius 1 is 1.20 bits per heavy atom. The highest BCUT2D eigenvalue weighted by Gasteiger charge is 2.30. The number of alkyl halides is 3. The maximum absolute atomic E-state index is 12.5. The SMILES string of the molecule is CCNc1nnc(-c2ccc(C(F)(F)F)cn2)n1CC. The molecular formula is C12H14F3N5. The standard InChI is InChI=1S/C12H14F3N5/c1-3-16-11-19-18-10(20(11)4-2)9-6-5-8(7-17-9)12(13,14)15/h5-7H,3-4H2,1-2H3,(H,16,19). The van der Waals surface area contributed by atoms with E-state index >= 15 is 0 Å². The molecule has 0 atom stereocenters. The molecule has 0 fully saturated rings. The van der Waals surface area contributed by atoms with Gasteiger partial charge in [-0.1, -0.05) is 0 Å². The van der Waals surface area contributed by atoms with Crippen molar-refractivity contribution in [1.82, 2.24) is 19.7 Å². The van der Waals surface area contributed by atoms with E-state index in [2.05, 4.69) is 20.5 Å². The van der Waals surface area contributed by atoms with Crippen molar-refractivity contribution >= 4 is 5.95 Å². The fourth-order valence-corrected chi connectivity index (χ4v) is 1.77. The minimum absolute atomic E-state index is 0.358. The van der Waals surface area contributed by atoms with Gasteiger partial charge in [0.15, 0.2) is 5.82 Å². The van der Waals surface area contributed by atoms with Crippen LogP contribution in [0.15, 0.2) is 18.3 Å². The third-order valence-electron chi connectivity index (χ3n) is 2.72. The smallest absolute Gasteiger partial charge is 0.355 e. The molecule has 20 heavy (non-hydrogen) atoms. The Labute approximate surface area is 113 Å². The summed E-state index contributed by atoms with van der Waals surface area (Å²) in [6.45, 7) is 5.09. The zero-order chi connectivity index (χ0) is 14.8. The van der Waals surface area contributed by atoms with Crippen LogP contribution < -0.4 is 5.32 Å². The number of nitrogens with one attached hydrogen (secondary N) is 1. The van der Waals surface area contributed by atoms with Gasteiger partial charge in [-0.15, -0.1) is 10.2 Å². The van der Waals surface area contributed by atoms with E-state index in [-0.39, 0.29) is 0 Å². The average Bonchev–Trinajstić information content (AvgIpc) is 2.81. The van der Waals surface area contributed by atoms with E-state index in [1.165, 1.54) is 6.07 Å². The first-order valence-electron chi connectivity index (χ1n) is 6.18. The quantitative estimate of drug-likeness (QED) is 0.938. The van der Waals surface area contributed by atoms with Gasteiger partial charge in [0, 0.05) is 19.3 Å². The normalized spacial score (nSPS) is 11.7.